The number of pyridine rings is 1. The van der Waals surface area contributed by atoms with E-state index in [9.17, 15) is 18.0 Å². The fourth-order valence-electron chi connectivity index (χ4n) is 4.49. The number of hydrogen-bond donors (Lipinski definition) is 2. The van der Waals surface area contributed by atoms with Crippen molar-refractivity contribution in [2.24, 2.45) is 0 Å². The second-order valence-electron chi connectivity index (χ2n) is 9.82. The van der Waals surface area contributed by atoms with Gasteiger partial charge in [0, 0.05) is 50.4 Å². The molecule has 11 nitrogen and oxygen atoms in total. The second-order valence-corrected chi connectivity index (χ2v) is 9.82. The van der Waals surface area contributed by atoms with Crippen LogP contribution < -0.4 is 19.5 Å². The first-order valence-corrected chi connectivity index (χ1v) is 13.2. The first-order valence-electron chi connectivity index (χ1n) is 13.2. The molecule has 2 bridgehead atoms. The Morgan fingerprint density at radius 2 is 1.88 bits per heavy atom. The first-order chi connectivity index (χ1) is 20.2. The number of nitrogens with zero attached hydrogens (tertiary/aromatic N) is 5. The molecule has 0 spiro atoms. The highest BCUT2D eigenvalue weighted by Gasteiger charge is 2.31. The fraction of sp³-hybridized carbons (Fsp3) is 0.357. The van der Waals surface area contributed by atoms with E-state index < -0.39 is 11.7 Å². The van der Waals surface area contributed by atoms with Gasteiger partial charge in [-0.3, -0.25) is 4.79 Å². The maximum Gasteiger partial charge on any atom is 0.416 e. The SMILES string of the molecule is CN1CCCN(C)C(=O)COc2cc(ccc2OCCOc2cc(C(F)(F)F)ccn2)Nc2ncnc3[nH]cc(c23)C1. The molecule has 0 radical (unpaired) electrons. The fourth-order valence-corrected chi connectivity index (χ4v) is 4.49. The van der Waals surface area contributed by atoms with E-state index in [0.717, 1.165) is 42.2 Å². The van der Waals surface area contributed by atoms with Gasteiger partial charge in [-0.2, -0.15) is 13.2 Å². The highest BCUT2D eigenvalue weighted by Crippen LogP contribution is 2.34. The number of nitrogens with one attached hydrogen (secondary N) is 2. The molecule has 1 aliphatic heterocycles. The van der Waals surface area contributed by atoms with Crippen molar-refractivity contribution >= 4 is 28.4 Å². The van der Waals surface area contributed by atoms with Gasteiger partial charge in [-0.25, -0.2) is 15.0 Å². The van der Waals surface area contributed by atoms with E-state index in [0.29, 0.717) is 41.7 Å². The van der Waals surface area contributed by atoms with Crippen LogP contribution in [0, 0.1) is 0 Å². The zero-order valence-electron chi connectivity index (χ0n) is 23.1. The summed E-state index contributed by atoms with van der Waals surface area (Å²) in [6.07, 6.45) is 0.692. The van der Waals surface area contributed by atoms with Crippen molar-refractivity contribution in [2.75, 3.05) is 52.3 Å². The minimum Gasteiger partial charge on any atom is -0.486 e. The summed E-state index contributed by atoms with van der Waals surface area (Å²) in [7, 11) is 3.75. The number of rotatable bonds is 5. The highest BCUT2D eigenvalue weighted by atomic mass is 19.4. The Hall–Kier alpha value is -4.59. The van der Waals surface area contributed by atoms with Gasteiger partial charge in [-0.05, 0) is 43.8 Å². The minimum atomic E-state index is -4.50. The van der Waals surface area contributed by atoms with Crippen LogP contribution in [0.2, 0.25) is 0 Å². The van der Waals surface area contributed by atoms with Crippen LogP contribution in [0.5, 0.6) is 17.4 Å². The summed E-state index contributed by atoms with van der Waals surface area (Å²) in [6, 6.07) is 6.82. The van der Waals surface area contributed by atoms with Gasteiger partial charge in [0.2, 0.25) is 5.88 Å². The van der Waals surface area contributed by atoms with Crippen LogP contribution in [-0.2, 0) is 17.5 Å². The Morgan fingerprint density at radius 1 is 1.05 bits per heavy atom. The van der Waals surface area contributed by atoms with Crippen LogP contribution in [0.25, 0.3) is 11.0 Å². The predicted molar refractivity (Wildman–Crippen MR) is 148 cm³/mol. The van der Waals surface area contributed by atoms with Crippen molar-refractivity contribution in [3.05, 3.63) is 60.2 Å². The van der Waals surface area contributed by atoms with Gasteiger partial charge in [-0.15, -0.1) is 0 Å². The van der Waals surface area contributed by atoms with Gasteiger partial charge in [-0.1, -0.05) is 0 Å². The number of aromatic amines is 1. The molecular weight excluding hydrogens is 555 g/mol. The molecule has 0 saturated carbocycles. The normalized spacial score (nSPS) is 15.3. The lowest BCUT2D eigenvalue weighted by atomic mass is 10.2. The maximum absolute atomic E-state index is 13.0. The minimum absolute atomic E-state index is 0.0122. The predicted octanol–water partition coefficient (Wildman–Crippen LogP) is 4.25. The molecule has 3 aromatic heterocycles. The number of amides is 1. The van der Waals surface area contributed by atoms with E-state index in [1.807, 2.05) is 13.2 Å². The Kier molecular flexibility index (Phi) is 8.61. The lowest BCUT2D eigenvalue weighted by molar-refractivity contribution is -0.137. The number of alkyl halides is 3. The summed E-state index contributed by atoms with van der Waals surface area (Å²) in [6.45, 7) is 1.70. The van der Waals surface area contributed by atoms with Crippen LogP contribution in [0.15, 0.2) is 49.1 Å². The molecule has 4 aromatic rings. The molecule has 0 fully saturated rings. The van der Waals surface area contributed by atoms with Crippen molar-refractivity contribution in [2.45, 2.75) is 19.1 Å². The van der Waals surface area contributed by atoms with E-state index in [1.54, 1.807) is 30.1 Å². The second kappa shape index (κ2) is 12.5. The number of anilines is 2. The molecule has 1 aliphatic rings. The summed E-state index contributed by atoms with van der Waals surface area (Å²) in [4.78, 5) is 32.4. The zero-order valence-corrected chi connectivity index (χ0v) is 23.1. The maximum atomic E-state index is 13.0. The molecule has 1 amide bonds. The lowest BCUT2D eigenvalue weighted by Crippen LogP contribution is -2.33. The van der Waals surface area contributed by atoms with E-state index in [1.165, 1.54) is 6.33 Å². The van der Waals surface area contributed by atoms with Gasteiger partial charge in [0.05, 0.1) is 10.9 Å². The number of H-pyrrole nitrogens is 1. The monoisotopic (exact) mass is 585 g/mol. The van der Waals surface area contributed by atoms with Crippen LogP contribution >= 0.6 is 0 Å². The molecule has 42 heavy (non-hydrogen) atoms. The number of halogens is 3. The Balaban J connectivity index is 1.35. The van der Waals surface area contributed by atoms with Crippen LogP contribution in [0.4, 0.5) is 24.7 Å². The molecule has 0 saturated heterocycles. The summed E-state index contributed by atoms with van der Waals surface area (Å²) in [5.74, 6) is 0.866. The smallest absolute Gasteiger partial charge is 0.416 e. The third-order valence-corrected chi connectivity index (χ3v) is 6.66. The topological polar surface area (TPSA) is 118 Å². The first kappa shape index (κ1) is 28.9. The number of ether oxygens (including phenoxy) is 3. The summed E-state index contributed by atoms with van der Waals surface area (Å²) < 4.78 is 56.0. The number of hydrogen-bond acceptors (Lipinski definition) is 9. The van der Waals surface area contributed by atoms with E-state index in [4.69, 9.17) is 14.2 Å². The molecule has 0 unspecified atom stereocenters. The van der Waals surface area contributed by atoms with E-state index >= 15 is 0 Å². The number of fused-ring (bicyclic) bond motifs is 2. The third-order valence-electron chi connectivity index (χ3n) is 6.66. The van der Waals surface area contributed by atoms with Crippen molar-refractivity contribution < 1.29 is 32.2 Å². The van der Waals surface area contributed by atoms with Crippen molar-refractivity contribution in [3.8, 4) is 17.4 Å². The zero-order chi connectivity index (χ0) is 29.7. The Labute approximate surface area is 239 Å². The highest BCUT2D eigenvalue weighted by molar-refractivity contribution is 5.92. The molecule has 14 heteroatoms. The van der Waals surface area contributed by atoms with E-state index in [2.05, 4.69) is 30.2 Å². The number of carbonyl (C=O) groups is 1. The van der Waals surface area contributed by atoms with E-state index in [-0.39, 0.29) is 31.6 Å². The van der Waals surface area contributed by atoms with Crippen LogP contribution in [-0.4, -0.2) is 82.6 Å². The van der Waals surface area contributed by atoms with Crippen LogP contribution in [0.1, 0.15) is 17.5 Å². The molecule has 2 N–H and O–H groups in total. The lowest BCUT2D eigenvalue weighted by Gasteiger charge is -2.22. The Bertz CT molecular complexity index is 1550. The third kappa shape index (κ3) is 7.00. The van der Waals surface area contributed by atoms with Crippen molar-refractivity contribution in [3.63, 3.8) is 0 Å². The van der Waals surface area contributed by atoms with Crippen LogP contribution in [0.3, 0.4) is 0 Å². The number of aromatic nitrogens is 4. The van der Waals surface area contributed by atoms with Gasteiger partial charge >= 0.3 is 6.18 Å². The molecule has 5 rings (SSSR count). The van der Waals surface area contributed by atoms with Crippen molar-refractivity contribution in [1.82, 2.24) is 29.7 Å². The Morgan fingerprint density at radius 3 is 2.71 bits per heavy atom. The van der Waals surface area contributed by atoms with Gasteiger partial charge in [0.15, 0.2) is 18.1 Å². The summed E-state index contributed by atoms with van der Waals surface area (Å²) >= 11 is 0. The van der Waals surface area contributed by atoms with Crippen molar-refractivity contribution in [1.29, 1.82) is 0 Å². The molecule has 0 atom stereocenters. The molecule has 1 aromatic carbocycles. The average Bonchev–Trinajstić information content (AvgIpc) is 3.37. The van der Waals surface area contributed by atoms with Gasteiger partial charge < -0.3 is 34.3 Å². The summed E-state index contributed by atoms with van der Waals surface area (Å²) in [5.41, 5.74) is 1.51. The molecule has 0 aliphatic carbocycles. The quantitative estimate of drug-likeness (QED) is 0.332. The van der Waals surface area contributed by atoms with Gasteiger partial charge in [0.1, 0.15) is 31.0 Å². The molecule has 222 valence electrons. The average molecular weight is 586 g/mol. The molecular formula is C28H30F3N7O4. The number of benzene rings is 1. The largest absolute Gasteiger partial charge is 0.486 e. The molecule has 4 heterocycles. The summed E-state index contributed by atoms with van der Waals surface area (Å²) in [5, 5.41) is 4.18. The van der Waals surface area contributed by atoms with Gasteiger partial charge in [0.25, 0.3) is 5.91 Å². The number of carbonyl (C=O) groups excluding carboxylic acids is 1. The standard InChI is InChI=1S/C28H30F3N7O4/c1-37-8-3-9-38(2)24(39)16-42-22-13-20(36-27-25-18(15-37)14-33-26(25)34-17-35-27)4-5-21(22)40-10-11-41-23-12-19(6-7-32-23)28(29,30)31/h4-7,12-14,17H,3,8-11,15-16H2,1-2H3,(H2,33,34,35,36). The number of likely N-dealkylation sites (N-methyl/N-ethyl adjacent to an activating group) is 1.